The van der Waals surface area contributed by atoms with Crippen LogP contribution in [-0.2, 0) is 0 Å². The lowest BCUT2D eigenvalue weighted by Gasteiger charge is -2.12. The first-order valence-corrected chi connectivity index (χ1v) is 11.2. The second-order valence-electron chi connectivity index (χ2n) is 7.49. The Hall–Kier alpha value is -2.58. The summed E-state index contributed by atoms with van der Waals surface area (Å²) in [5.41, 5.74) is 2.14. The van der Waals surface area contributed by atoms with E-state index in [1.165, 1.54) is 0 Å². The van der Waals surface area contributed by atoms with Gasteiger partial charge in [-0.15, -0.1) is 0 Å². The second-order valence-corrected chi connectivity index (χ2v) is 7.49. The molecular formula is C22H36N8. The molecule has 6 N–H and O–H groups in total. The van der Waals surface area contributed by atoms with Crippen LogP contribution in [0.1, 0.15) is 25.7 Å². The van der Waals surface area contributed by atoms with Crippen LogP contribution in [0.4, 0.5) is 23.0 Å². The fourth-order valence-corrected chi connectivity index (χ4v) is 3.27. The molecule has 8 nitrogen and oxygen atoms in total. The highest BCUT2D eigenvalue weighted by Gasteiger charge is 1.99. The first-order valence-electron chi connectivity index (χ1n) is 11.2. The predicted octanol–water partition coefficient (Wildman–Crippen LogP) is 2.58. The van der Waals surface area contributed by atoms with Crippen molar-refractivity contribution in [1.82, 2.24) is 20.6 Å². The largest absolute Gasteiger partial charge is 0.384 e. The van der Waals surface area contributed by atoms with Crippen LogP contribution in [0, 0.1) is 0 Å². The van der Waals surface area contributed by atoms with Gasteiger partial charge in [0.25, 0.3) is 0 Å². The second kappa shape index (κ2) is 13.6. The fraction of sp³-hybridized carbons (Fsp3) is 0.545. The number of hydrogen-bond donors (Lipinski definition) is 6. The lowest BCUT2D eigenvalue weighted by molar-refractivity contribution is 0.641. The molecule has 1 aliphatic rings. The van der Waals surface area contributed by atoms with Gasteiger partial charge >= 0.3 is 0 Å². The van der Waals surface area contributed by atoms with E-state index in [-0.39, 0.29) is 0 Å². The van der Waals surface area contributed by atoms with Crippen molar-refractivity contribution in [2.75, 3.05) is 73.6 Å². The van der Waals surface area contributed by atoms with Gasteiger partial charge < -0.3 is 31.9 Å². The van der Waals surface area contributed by atoms with Crippen LogP contribution >= 0.6 is 0 Å². The van der Waals surface area contributed by atoms with E-state index in [0.29, 0.717) is 0 Å². The van der Waals surface area contributed by atoms with Gasteiger partial charge in [0.2, 0.25) is 0 Å². The number of pyridine rings is 2. The van der Waals surface area contributed by atoms with Gasteiger partial charge in [-0.2, -0.15) is 0 Å². The highest BCUT2D eigenvalue weighted by atomic mass is 15.1. The number of aromatic nitrogens is 2. The van der Waals surface area contributed by atoms with Gasteiger partial charge in [0.05, 0.1) is 23.8 Å². The van der Waals surface area contributed by atoms with Gasteiger partial charge in [0, 0.05) is 26.2 Å². The molecule has 30 heavy (non-hydrogen) atoms. The molecule has 1 aliphatic heterocycles. The number of fused-ring (bicyclic) bond motifs is 4. The topological polar surface area (TPSA) is 98.0 Å². The molecule has 0 atom stereocenters. The van der Waals surface area contributed by atoms with Gasteiger partial charge in [0.15, 0.2) is 0 Å². The number of hydrogen-bond acceptors (Lipinski definition) is 8. The smallest absolute Gasteiger partial charge is 0.128 e. The van der Waals surface area contributed by atoms with E-state index in [4.69, 9.17) is 0 Å². The van der Waals surface area contributed by atoms with Crippen molar-refractivity contribution in [1.29, 1.82) is 0 Å². The Morgan fingerprint density at radius 1 is 0.567 bits per heavy atom. The summed E-state index contributed by atoms with van der Waals surface area (Å²) in [5, 5.41) is 20.7. The molecule has 0 aromatic carbocycles. The van der Waals surface area contributed by atoms with Crippen LogP contribution < -0.4 is 31.9 Å². The maximum atomic E-state index is 4.63. The molecule has 2 aromatic heterocycles. The highest BCUT2D eigenvalue weighted by Crippen LogP contribution is 2.13. The molecular weight excluding hydrogens is 376 g/mol. The standard InChI is InChI=1S/C22H36N8/c1-6-21-28-14-4-10-23-8-2-12-26-19-16-20(18-25-17-19)27-13-3-9-24-11-5-15-29-22(7-1)30-21/h1,6-7,16-18,23-24,26-27H,2-5,8-15H2,(H2,28,29,30). The summed E-state index contributed by atoms with van der Waals surface area (Å²) in [5.74, 6) is 1.86. The van der Waals surface area contributed by atoms with Crippen LogP contribution in [0.25, 0.3) is 0 Å². The van der Waals surface area contributed by atoms with Crippen LogP contribution in [0.2, 0.25) is 0 Å². The van der Waals surface area contributed by atoms with Crippen molar-refractivity contribution in [2.24, 2.45) is 0 Å². The Labute approximate surface area is 180 Å². The van der Waals surface area contributed by atoms with Crippen LogP contribution in [0.15, 0.2) is 36.7 Å². The van der Waals surface area contributed by atoms with Crippen molar-refractivity contribution in [2.45, 2.75) is 25.7 Å². The molecule has 3 rings (SSSR count). The molecule has 0 radical (unpaired) electrons. The summed E-state index contributed by atoms with van der Waals surface area (Å²) in [6.07, 6.45) is 8.05. The lowest BCUT2D eigenvalue weighted by Crippen LogP contribution is -2.22. The van der Waals surface area contributed by atoms with Crippen LogP contribution in [0.5, 0.6) is 0 Å². The van der Waals surface area contributed by atoms with Crippen LogP contribution in [-0.4, -0.2) is 62.3 Å². The third kappa shape index (κ3) is 8.84. The Balaban J connectivity index is 1.45. The Bertz CT molecular complexity index is 612. The maximum absolute atomic E-state index is 4.63. The number of anilines is 4. The lowest BCUT2D eigenvalue weighted by atomic mass is 10.3. The Morgan fingerprint density at radius 3 is 1.53 bits per heavy atom. The van der Waals surface area contributed by atoms with Crippen molar-refractivity contribution in [3.05, 3.63) is 36.7 Å². The summed E-state index contributed by atoms with van der Waals surface area (Å²) >= 11 is 0. The molecule has 2 aromatic rings. The highest BCUT2D eigenvalue weighted by molar-refractivity contribution is 5.53. The van der Waals surface area contributed by atoms with E-state index in [1.807, 2.05) is 30.6 Å². The minimum absolute atomic E-state index is 0.914. The molecule has 0 aliphatic carbocycles. The Kier molecular flexibility index (Phi) is 10.0. The van der Waals surface area contributed by atoms with Gasteiger partial charge in [-0.1, -0.05) is 6.07 Å². The molecule has 0 spiro atoms. The zero-order chi connectivity index (χ0) is 20.7. The summed E-state index contributed by atoms with van der Waals surface area (Å²) in [6.45, 7) is 7.70. The summed E-state index contributed by atoms with van der Waals surface area (Å²) < 4.78 is 0. The average molecular weight is 413 g/mol. The summed E-state index contributed by atoms with van der Waals surface area (Å²) in [7, 11) is 0. The minimum Gasteiger partial charge on any atom is -0.384 e. The van der Waals surface area contributed by atoms with Crippen molar-refractivity contribution >= 4 is 23.0 Å². The third-order valence-electron chi connectivity index (χ3n) is 4.88. The number of nitrogens with one attached hydrogen (secondary N) is 6. The summed E-state index contributed by atoms with van der Waals surface area (Å²) in [4.78, 5) is 8.96. The first-order chi connectivity index (χ1) is 14.9. The van der Waals surface area contributed by atoms with Gasteiger partial charge in [0.1, 0.15) is 11.6 Å². The van der Waals surface area contributed by atoms with Crippen LogP contribution in [0.3, 0.4) is 0 Å². The van der Waals surface area contributed by atoms with E-state index in [2.05, 4.69) is 47.9 Å². The normalized spacial score (nSPS) is 17.9. The van der Waals surface area contributed by atoms with E-state index in [1.54, 1.807) is 0 Å². The molecule has 0 saturated heterocycles. The minimum atomic E-state index is 0.914. The monoisotopic (exact) mass is 412 g/mol. The van der Waals surface area contributed by atoms with Crippen molar-refractivity contribution in [3.8, 4) is 0 Å². The van der Waals surface area contributed by atoms with E-state index < -0.39 is 0 Å². The van der Waals surface area contributed by atoms with Gasteiger partial charge in [-0.3, -0.25) is 4.98 Å². The quantitative estimate of drug-likeness (QED) is 0.393. The molecule has 0 amide bonds. The SMILES string of the molecule is c1cc2nc(c1)NCCCNCCCNc1cncc(c1)NCCCNCCCN2. The third-order valence-corrected chi connectivity index (χ3v) is 4.88. The molecule has 0 unspecified atom stereocenters. The fourth-order valence-electron chi connectivity index (χ4n) is 3.27. The van der Waals surface area contributed by atoms with E-state index in [0.717, 1.165) is 101 Å². The van der Waals surface area contributed by atoms with E-state index in [9.17, 15) is 0 Å². The average Bonchev–Trinajstić information content (AvgIpc) is 2.77. The molecule has 0 fully saturated rings. The molecule has 4 bridgehead atoms. The maximum Gasteiger partial charge on any atom is 0.128 e. The molecule has 0 saturated carbocycles. The van der Waals surface area contributed by atoms with Gasteiger partial charge in [-0.25, -0.2) is 4.98 Å². The Morgan fingerprint density at radius 2 is 1.03 bits per heavy atom. The summed E-state index contributed by atoms with van der Waals surface area (Å²) in [6, 6.07) is 8.22. The molecule has 8 heteroatoms. The van der Waals surface area contributed by atoms with Gasteiger partial charge in [-0.05, 0) is 70.1 Å². The zero-order valence-corrected chi connectivity index (χ0v) is 17.8. The molecule has 164 valence electrons. The zero-order valence-electron chi connectivity index (χ0n) is 17.8. The first kappa shape index (κ1) is 22.1. The number of nitrogens with zero attached hydrogens (tertiary/aromatic N) is 2. The number of rotatable bonds is 0. The van der Waals surface area contributed by atoms with Crippen molar-refractivity contribution in [3.63, 3.8) is 0 Å². The van der Waals surface area contributed by atoms with E-state index >= 15 is 0 Å². The predicted molar refractivity (Wildman–Crippen MR) is 127 cm³/mol. The molecule has 3 heterocycles. The van der Waals surface area contributed by atoms with Crippen molar-refractivity contribution < 1.29 is 0 Å².